The molecule has 0 saturated heterocycles. The Morgan fingerprint density at radius 3 is 2.88 bits per heavy atom. The van der Waals surface area contributed by atoms with E-state index in [1.165, 1.54) is 13.2 Å². The van der Waals surface area contributed by atoms with Gasteiger partial charge < -0.3 is 10.1 Å². The van der Waals surface area contributed by atoms with Crippen LogP contribution in [0.3, 0.4) is 0 Å². The third-order valence-corrected chi connectivity index (χ3v) is 5.34. The average Bonchev–Trinajstić information content (AvgIpc) is 3.10. The predicted molar refractivity (Wildman–Crippen MR) is 95.3 cm³/mol. The summed E-state index contributed by atoms with van der Waals surface area (Å²) in [5.74, 6) is -0.174. The van der Waals surface area contributed by atoms with E-state index in [0.29, 0.717) is 5.56 Å². The highest BCUT2D eigenvalue weighted by molar-refractivity contribution is 5.94. The molecule has 0 amide bonds. The largest absolute Gasteiger partial charge is 0.465 e. The molecule has 1 N–H and O–H groups in total. The van der Waals surface area contributed by atoms with Crippen LogP contribution in [0.1, 0.15) is 45.4 Å². The van der Waals surface area contributed by atoms with E-state index in [4.69, 9.17) is 4.74 Å². The van der Waals surface area contributed by atoms with E-state index >= 15 is 0 Å². The van der Waals surface area contributed by atoms with Crippen molar-refractivity contribution in [1.29, 1.82) is 0 Å². The third kappa shape index (κ3) is 2.53. The minimum atomic E-state index is -0.318. The van der Waals surface area contributed by atoms with Gasteiger partial charge in [0.2, 0.25) is 0 Å². The number of methoxy groups -OCH3 is 1. The van der Waals surface area contributed by atoms with Crippen LogP contribution < -0.4 is 5.32 Å². The molecule has 4 heteroatoms. The van der Waals surface area contributed by atoms with Gasteiger partial charge in [0.25, 0.3) is 0 Å². The van der Waals surface area contributed by atoms with Gasteiger partial charge in [-0.2, -0.15) is 0 Å². The van der Waals surface area contributed by atoms with Crippen LogP contribution in [-0.2, 0) is 4.74 Å². The molecule has 1 aliphatic carbocycles. The first-order valence-electron chi connectivity index (χ1n) is 8.50. The lowest BCUT2D eigenvalue weighted by atomic mass is 9.74. The second kappa shape index (κ2) is 6.03. The van der Waals surface area contributed by atoms with Crippen LogP contribution in [0.15, 0.2) is 48.6 Å². The summed E-state index contributed by atoms with van der Waals surface area (Å²) in [6, 6.07) is 10.5. The Bertz CT molecular complexity index is 874. The Labute approximate surface area is 146 Å². The van der Waals surface area contributed by atoms with Crippen LogP contribution >= 0.6 is 0 Å². The monoisotopic (exact) mass is 337 g/mol. The van der Waals surface area contributed by atoms with Gasteiger partial charge in [-0.1, -0.05) is 30.4 Å². The Kier molecular flexibility index (Phi) is 3.83. The van der Waals surface area contributed by atoms with Crippen LogP contribution in [0.2, 0.25) is 0 Å². The molecule has 2 aliphatic rings. The summed E-state index contributed by atoms with van der Waals surface area (Å²) in [5.41, 5.74) is 4.58. The van der Waals surface area contributed by atoms with Crippen LogP contribution in [0.25, 0.3) is 0 Å². The van der Waals surface area contributed by atoms with Gasteiger partial charge >= 0.3 is 5.97 Å². The predicted octanol–water partition coefficient (Wildman–Crippen LogP) is 4.75. The summed E-state index contributed by atoms with van der Waals surface area (Å²) in [6.07, 6.45) is 5.22. The number of fused-ring (bicyclic) bond motifs is 3. The van der Waals surface area contributed by atoms with Crippen molar-refractivity contribution in [1.82, 2.24) is 0 Å². The van der Waals surface area contributed by atoms with E-state index in [1.54, 1.807) is 12.1 Å². The lowest BCUT2D eigenvalue weighted by Crippen LogP contribution is -2.31. The molecule has 1 heterocycles. The van der Waals surface area contributed by atoms with Crippen LogP contribution in [0.4, 0.5) is 10.1 Å². The lowest BCUT2D eigenvalue weighted by Gasteiger charge is -2.39. The van der Waals surface area contributed by atoms with Crippen molar-refractivity contribution in [3.8, 4) is 0 Å². The number of aryl methyl sites for hydroxylation is 1. The summed E-state index contributed by atoms with van der Waals surface area (Å²) in [7, 11) is 1.41. The fourth-order valence-electron chi connectivity index (χ4n) is 4.17. The highest BCUT2D eigenvalue weighted by Gasteiger charge is 2.40. The Morgan fingerprint density at radius 1 is 1.28 bits per heavy atom. The Hall–Kier alpha value is -2.62. The van der Waals surface area contributed by atoms with E-state index < -0.39 is 0 Å². The van der Waals surface area contributed by atoms with E-state index in [-0.39, 0.29) is 29.7 Å². The number of halogens is 1. The SMILES string of the molecule is COC(=O)c1ccc(C)c2c1[C@@H]1C=CC[C@H]1[C@H](c1cccc(F)c1)N2. The number of carbonyl (C=O) groups excluding carboxylic acids is 1. The zero-order chi connectivity index (χ0) is 17.6. The molecule has 0 spiro atoms. The standard InChI is InChI=1S/C21H20FNO2/c1-12-9-10-17(21(24)25-2)18-15-7-4-8-16(15)20(23-19(12)18)13-5-3-6-14(22)11-13/h3-7,9-11,15-16,20,23H,8H2,1-2H3/t15-,16-,20+/m1/s1. The van der Waals surface area contributed by atoms with Gasteiger partial charge in [-0.3, -0.25) is 0 Å². The van der Waals surface area contributed by atoms with Gasteiger partial charge in [0, 0.05) is 11.6 Å². The van der Waals surface area contributed by atoms with Gasteiger partial charge in [-0.05, 0) is 54.2 Å². The van der Waals surface area contributed by atoms with Crippen molar-refractivity contribution < 1.29 is 13.9 Å². The van der Waals surface area contributed by atoms with E-state index in [9.17, 15) is 9.18 Å². The number of esters is 1. The molecule has 0 saturated carbocycles. The van der Waals surface area contributed by atoms with E-state index in [2.05, 4.69) is 17.5 Å². The number of nitrogens with one attached hydrogen (secondary N) is 1. The van der Waals surface area contributed by atoms with E-state index in [0.717, 1.165) is 28.8 Å². The lowest BCUT2D eigenvalue weighted by molar-refractivity contribution is 0.0598. The molecular weight excluding hydrogens is 317 g/mol. The maximum Gasteiger partial charge on any atom is 0.338 e. The molecule has 0 bridgehead atoms. The molecule has 25 heavy (non-hydrogen) atoms. The van der Waals surface area contributed by atoms with Crippen molar-refractivity contribution in [3.63, 3.8) is 0 Å². The van der Waals surface area contributed by atoms with Gasteiger partial charge in [-0.15, -0.1) is 0 Å². The molecule has 0 radical (unpaired) electrons. The van der Waals surface area contributed by atoms with E-state index in [1.807, 2.05) is 25.1 Å². The van der Waals surface area contributed by atoms with Crippen molar-refractivity contribution in [2.45, 2.75) is 25.3 Å². The van der Waals surface area contributed by atoms with Crippen LogP contribution in [0, 0.1) is 18.7 Å². The highest BCUT2D eigenvalue weighted by atomic mass is 19.1. The molecule has 0 unspecified atom stereocenters. The highest BCUT2D eigenvalue weighted by Crippen LogP contribution is 2.51. The summed E-state index contributed by atoms with van der Waals surface area (Å²) < 4.78 is 18.7. The second-order valence-electron chi connectivity index (χ2n) is 6.74. The minimum Gasteiger partial charge on any atom is -0.465 e. The molecule has 1 aliphatic heterocycles. The number of allylic oxidation sites excluding steroid dienone is 2. The molecule has 128 valence electrons. The fraction of sp³-hybridized carbons (Fsp3) is 0.286. The maximum absolute atomic E-state index is 13.8. The normalized spacial score (nSPS) is 23.6. The maximum atomic E-state index is 13.8. The first kappa shape index (κ1) is 15.9. The molecule has 3 nitrogen and oxygen atoms in total. The Morgan fingerprint density at radius 2 is 2.12 bits per heavy atom. The van der Waals surface area contributed by atoms with Crippen molar-refractivity contribution in [3.05, 3.63) is 76.6 Å². The first-order chi connectivity index (χ1) is 12.1. The first-order valence-corrected chi connectivity index (χ1v) is 8.50. The van der Waals surface area contributed by atoms with Crippen molar-refractivity contribution in [2.24, 2.45) is 5.92 Å². The molecule has 2 aromatic rings. The van der Waals surface area contributed by atoms with Crippen molar-refractivity contribution in [2.75, 3.05) is 12.4 Å². The number of carbonyl (C=O) groups is 1. The Balaban J connectivity index is 1.87. The number of hydrogen-bond acceptors (Lipinski definition) is 3. The quantitative estimate of drug-likeness (QED) is 0.635. The zero-order valence-electron chi connectivity index (χ0n) is 14.3. The number of hydrogen-bond donors (Lipinski definition) is 1. The summed E-state index contributed by atoms with van der Waals surface area (Å²) in [6.45, 7) is 2.02. The smallest absolute Gasteiger partial charge is 0.338 e. The zero-order valence-corrected chi connectivity index (χ0v) is 14.3. The molecule has 4 rings (SSSR count). The van der Waals surface area contributed by atoms with Crippen LogP contribution in [0.5, 0.6) is 0 Å². The summed E-state index contributed by atoms with van der Waals surface area (Å²) in [5, 5.41) is 3.59. The average molecular weight is 337 g/mol. The van der Waals surface area contributed by atoms with Crippen molar-refractivity contribution >= 4 is 11.7 Å². The minimum absolute atomic E-state index is 0.00907. The van der Waals surface area contributed by atoms with Gasteiger partial charge in [0.15, 0.2) is 0 Å². The second-order valence-corrected chi connectivity index (χ2v) is 6.74. The van der Waals surface area contributed by atoms with Gasteiger partial charge in [-0.25, -0.2) is 9.18 Å². The summed E-state index contributed by atoms with van der Waals surface area (Å²) >= 11 is 0. The molecule has 0 fully saturated rings. The summed E-state index contributed by atoms with van der Waals surface area (Å²) in [4.78, 5) is 12.3. The number of rotatable bonds is 2. The number of anilines is 1. The van der Waals surface area contributed by atoms with Gasteiger partial charge in [0.1, 0.15) is 5.82 Å². The number of ether oxygens (including phenoxy) is 1. The molecule has 3 atom stereocenters. The van der Waals surface area contributed by atoms with Gasteiger partial charge in [0.05, 0.1) is 18.7 Å². The fourth-order valence-corrected chi connectivity index (χ4v) is 4.17. The topological polar surface area (TPSA) is 38.3 Å². The van der Waals surface area contributed by atoms with Crippen LogP contribution in [-0.4, -0.2) is 13.1 Å². The third-order valence-electron chi connectivity index (χ3n) is 5.34. The molecule has 0 aromatic heterocycles. The molecule has 2 aromatic carbocycles. The molecular formula is C21H20FNO2. The number of benzene rings is 2.